The number of carbonyl (C=O) groups excluding carboxylic acids is 1. The van der Waals surface area contributed by atoms with Gasteiger partial charge >= 0.3 is 0 Å². The minimum atomic E-state index is -0.437. The molecule has 5 nitrogen and oxygen atoms in total. The highest BCUT2D eigenvalue weighted by molar-refractivity contribution is 5.95. The summed E-state index contributed by atoms with van der Waals surface area (Å²) in [6.45, 7) is 3.53. The SMILES string of the molecule is C#Cc1cccc(N[C@@H](C)C(=O)Nc2cc(C)no2)c1. The Hall–Kier alpha value is -2.74. The van der Waals surface area contributed by atoms with Gasteiger partial charge in [0.05, 0.1) is 5.69 Å². The van der Waals surface area contributed by atoms with Crippen molar-refractivity contribution >= 4 is 17.5 Å². The maximum absolute atomic E-state index is 12.0. The number of nitrogens with zero attached hydrogens (tertiary/aromatic N) is 1. The molecule has 0 aliphatic rings. The average Bonchev–Trinajstić information content (AvgIpc) is 2.84. The Bertz CT molecular complexity index is 655. The van der Waals surface area contributed by atoms with Crippen LogP contribution in [0.3, 0.4) is 0 Å². The Balaban J connectivity index is 1.98. The molecule has 1 aromatic heterocycles. The van der Waals surface area contributed by atoms with E-state index in [1.165, 1.54) is 0 Å². The van der Waals surface area contributed by atoms with Gasteiger partial charge < -0.3 is 9.84 Å². The van der Waals surface area contributed by atoms with Crippen LogP contribution in [-0.2, 0) is 4.79 Å². The quantitative estimate of drug-likeness (QED) is 0.836. The summed E-state index contributed by atoms with van der Waals surface area (Å²) in [7, 11) is 0. The van der Waals surface area contributed by atoms with Gasteiger partial charge in [-0.1, -0.05) is 17.1 Å². The van der Waals surface area contributed by atoms with E-state index in [4.69, 9.17) is 10.9 Å². The number of hydrogen-bond donors (Lipinski definition) is 2. The van der Waals surface area contributed by atoms with Gasteiger partial charge in [-0.15, -0.1) is 6.42 Å². The molecule has 5 heteroatoms. The van der Waals surface area contributed by atoms with Crippen molar-refractivity contribution in [3.05, 3.63) is 41.6 Å². The first-order valence-electron chi connectivity index (χ1n) is 6.16. The summed E-state index contributed by atoms with van der Waals surface area (Å²) in [6.07, 6.45) is 5.34. The number of aromatic nitrogens is 1. The van der Waals surface area contributed by atoms with E-state index in [1.807, 2.05) is 24.3 Å². The van der Waals surface area contributed by atoms with Crippen molar-refractivity contribution in [1.29, 1.82) is 0 Å². The second-order valence-corrected chi connectivity index (χ2v) is 4.41. The van der Waals surface area contributed by atoms with Crippen LogP contribution in [0.25, 0.3) is 0 Å². The molecule has 1 atom stereocenters. The molecule has 0 fully saturated rings. The lowest BCUT2D eigenvalue weighted by Gasteiger charge is -2.14. The molecule has 0 radical (unpaired) electrons. The summed E-state index contributed by atoms with van der Waals surface area (Å²) in [5.41, 5.74) is 2.26. The van der Waals surface area contributed by atoms with Gasteiger partial charge in [-0.2, -0.15) is 0 Å². The van der Waals surface area contributed by atoms with E-state index in [2.05, 4.69) is 21.7 Å². The zero-order valence-corrected chi connectivity index (χ0v) is 11.3. The fourth-order valence-electron chi connectivity index (χ4n) is 1.67. The normalized spacial score (nSPS) is 11.4. The van der Waals surface area contributed by atoms with Gasteiger partial charge in [-0.05, 0) is 32.0 Å². The predicted molar refractivity (Wildman–Crippen MR) is 77.3 cm³/mol. The van der Waals surface area contributed by atoms with Crippen LogP contribution in [-0.4, -0.2) is 17.1 Å². The smallest absolute Gasteiger partial charge is 0.248 e. The number of benzene rings is 1. The van der Waals surface area contributed by atoms with Crippen LogP contribution in [0.1, 0.15) is 18.2 Å². The van der Waals surface area contributed by atoms with Gasteiger partial charge in [0.1, 0.15) is 6.04 Å². The van der Waals surface area contributed by atoms with Crippen LogP contribution in [0, 0.1) is 19.3 Å². The molecule has 1 amide bonds. The van der Waals surface area contributed by atoms with E-state index in [0.717, 1.165) is 11.3 Å². The fraction of sp³-hybridized carbons (Fsp3) is 0.200. The third-order valence-corrected chi connectivity index (χ3v) is 2.68. The van der Waals surface area contributed by atoms with E-state index in [9.17, 15) is 4.79 Å². The van der Waals surface area contributed by atoms with Gasteiger partial charge in [0.25, 0.3) is 0 Å². The molecular weight excluding hydrogens is 254 g/mol. The zero-order chi connectivity index (χ0) is 14.5. The molecule has 0 aliphatic heterocycles. The summed E-state index contributed by atoms with van der Waals surface area (Å²) >= 11 is 0. The number of anilines is 2. The standard InChI is InChI=1S/C15H15N3O2/c1-4-12-6-5-7-13(9-12)16-11(3)15(19)17-14-8-10(2)18-20-14/h1,5-9,11,16H,2-3H3,(H,17,19)/t11-/m0/s1. The van der Waals surface area contributed by atoms with Crippen LogP contribution >= 0.6 is 0 Å². The number of carbonyl (C=O) groups is 1. The summed E-state index contributed by atoms with van der Waals surface area (Å²) in [5.74, 6) is 2.67. The second-order valence-electron chi connectivity index (χ2n) is 4.41. The lowest BCUT2D eigenvalue weighted by atomic mass is 10.2. The highest BCUT2D eigenvalue weighted by Crippen LogP contribution is 2.13. The molecule has 20 heavy (non-hydrogen) atoms. The average molecular weight is 269 g/mol. The number of rotatable bonds is 4. The summed E-state index contributed by atoms with van der Waals surface area (Å²) in [6, 6.07) is 8.54. The number of aryl methyl sites for hydroxylation is 1. The molecular formula is C15H15N3O2. The van der Waals surface area contributed by atoms with Crippen LogP contribution in [0.15, 0.2) is 34.9 Å². The Kier molecular flexibility index (Phi) is 4.06. The van der Waals surface area contributed by atoms with Crippen molar-refractivity contribution in [2.75, 3.05) is 10.6 Å². The molecule has 2 rings (SSSR count). The Labute approximate surface area is 117 Å². The zero-order valence-electron chi connectivity index (χ0n) is 11.3. The van der Waals surface area contributed by atoms with Gasteiger partial charge in [0.2, 0.25) is 11.8 Å². The van der Waals surface area contributed by atoms with E-state index >= 15 is 0 Å². The Morgan fingerprint density at radius 3 is 2.90 bits per heavy atom. The minimum Gasteiger partial charge on any atom is -0.374 e. The maximum atomic E-state index is 12.0. The molecule has 0 saturated carbocycles. The maximum Gasteiger partial charge on any atom is 0.248 e. The van der Waals surface area contributed by atoms with Crippen molar-refractivity contribution in [2.24, 2.45) is 0 Å². The first-order chi connectivity index (χ1) is 9.58. The first kappa shape index (κ1) is 13.7. The third-order valence-electron chi connectivity index (χ3n) is 2.68. The molecule has 1 aromatic carbocycles. The largest absolute Gasteiger partial charge is 0.374 e. The van der Waals surface area contributed by atoms with Gasteiger partial charge in [0.15, 0.2) is 0 Å². The molecule has 0 spiro atoms. The van der Waals surface area contributed by atoms with Crippen molar-refractivity contribution < 1.29 is 9.32 Å². The molecule has 102 valence electrons. The molecule has 0 aliphatic carbocycles. The van der Waals surface area contributed by atoms with Crippen molar-refractivity contribution in [2.45, 2.75) is 19.9 Å². The van der Waals surface area contributed by atoms with Crippen LogP contribution in [0.5, 0.6) is 0 Å². The topological polar surface area (TPSA) is 67.2 Å². The second kappa shape index (κ2) is 5.93. The number of amides is 1. The van der Waals surface area contributed by atoms with E-state index in [-0.39, 0.29) is 5.91 Å². The van der Waals surface area contributed by atoms with Gasteiger partial charge in [-0.3, -0.25) is 10.1 Å². The lowest BCUT2D eigenvalue weighted by molar-refractivity contribution is -0.116. The van der Waals surface area contributed by atoms with E-state index in [0.29, 0.717) is 11.6 Å². The van der Waals surface area contributed by atoms with Crippen molar-refractivity contribution in [3.8, 4) is 12.3 Å². The highest BCUT2D eigenvalue weighted by Gasteiger charge is 2.14. The van der Waals surface area contributed by atoms with Gasteiger partial charge in [0, 0.05) is 17.3 Å². The molecule has 2 aromatic rings. The molecule has 0 bridgehead atoms. The van der Waals surface area contributed by atoms with Crippen molar-refractivity contribution in [3.63, 3.8) is 0 Å². The summed E-state index contributed by atoms with van der Waals surface area (Å²) in [4.78, 5) is 12.0. The molecule has 2 N–H and O–H groups in total. The van der Waals surface area contributed by atoms with Gasteiger partial charge in [-0.25, -0.2) is 0 Å². The molecule has 0 unspecified atom stereocenters. The molecule has 0 saturated heterocycles. The monoisotopic (exact) mass is 269 g/mol. The molecule has 1 heterocycles. The van der Waals surface area contributed by atoms with Crippen molar-refractivity contribution in [1.82, 2.24) is 5.16 Å². The van der Waals surface area contributed by atoms with Crippen LogP contribution < -0.4 is 10.6 Å². The van der Waals surface area contributed by atoms with E-state index in [1.54, 1.807) is 19.9 Å². The predicted octanol–water partition coefficient (Wildman–Crippen LogP) is 2.40. The summed E-state index contributed by atoms with van der Waals surface area (Å²) in [5, 5.41) is 9.42. The lowest BCUT2D eigenvalue weighted by Crippen LogP contribution is -2.31. The summed E-state index contributed by atoms with van der Waals surface area (Å²) < 4.78 is 4.94. The Morgan fingerprint density at radius 2 is 2.25 bits per heavy atom. The number of hydrogen-bond acceptors (Lipinski definition) is 4. The van der Waals surface area contributed by atoms with Crippen LogP contribution in [0.2, 0.25) is 0 Å². The Morgan fingerprint density at radius 1 is 1.45 bits per heavy atom. The number of terminal acetylenes is 1. The minimum absolute atomic E-state index is 0.215. The third kappa shape index (κ3) is 3.39. The highest BCUT2D eigenvalue weighted by atomic mass is 16.5. The number of nitrogens with one attached hydrogen (secondary N) is 2. The first-order valence-corrected chi connectivity index (χ1v) is 6.16. The van der Waals surface area contributed by atoms with Crippen LogP contribution in [0.4, 0.5) is 11.6 Å². The van der Waals surface area contributed by atoms with E-state index < -0.39 is 6.04 Å². The fourth-order valence-corrected chi connectivity index (χ4v) is 1.67.